The predicted octanol–water partition coefficient (Wildman–Crippen LogP) is 1.11. The molecule has 0 bridgehead atoms. The zero-order valence-corrected chi connectivity index (χ0v) is 11.7. The monoisotopic (exact) mass is 314 g/mol. The number of carbonyl (C=O) groups excluding carboxylic acids is 2. The van der Waals surface area contributed by atoms with Crippen LogP contribution in [0.15, 0.2) is 48.1 Å². The van der Waals surface area contributed by atoms with Gasteiger partial charge in [0.15, 0.2) is 13.1 Å². The second-order valence-corrected chi connectivity index (χ2v) is 5.48. The maximum Gasteiger partial charge on any atom is 0.365 e. The van der Waals surface area contributed by atoms with Crippen LogP contribution in [0.4, 0.5) is 0 Å². The van der Waals surface area contributed by atoms with Crippen molar-refractivity contribution in [3.05, 3.63) is 59.2 Å². The summed E-state index contributed by atoms with van der Waals surface area (Å²) < 4.78 is 28.4. The lowest BCUT2D eigenvalue weighted by Crippen LogP contribution is -2.51. The van der Waals surface area contributed by atoms with E-state index < -0.39 is 23.5 Å². The summed E-state index contributed by atoms with van der Waals surface area (Å²) in [6.45, 7) is -0.124. The molecule has 7 nitrogen and oxygen atoms in total. The molecule has 4 aliphatic rings. The van der Waals surface area contributed by atoms with Crippen molar-refractivity contribution >= 4 is 12.3 Å². The van der Waals surface area contributed by atoms with Crippen LogP contribution in [-0.4, -0.2) is 30.6 Å². The van der Waals surface area contributed by atoms with Crippen molar-refractivity contribution in [2.75, 3.05) is 6.79 Å². The van der Waals surface area contributed by atoms with E-state index in [1.54, 1.807) is 42.5 Å². The van der Waals surface area contributed by atoms with Crippen LogP contribution >= 0.6 is 0 Å². The van der Waals surface area contributed by atoms with E-state index in [2.05, 4.69) is 0 Å². The Balaban J connectivity index is 1.72. The summed E-state index contributed by atoms with van der Waals surface area (Å²) in [7, 11) is 0. The molecule has 1 spiro atoms. The molecule has 1 aliphatic carbocycles. The summed E-state index contributed by atoms with van der Waals surface area (Å²) >= 11 is 0. The Hall–Kier alpha value is -2.32. The summed E-state index contributed by atoms with van der Waals surface area (Å²) in [6, 6.07) is 6.72. The highest BCUT2D eigenvalue weighted by Crippen LogP contribution is 2.60. The molecule has 3 atom stereocenters. The molecule has 3 heterocycles. The number of esters is 1. The highest BCUT2D eigenvalue weighted by molar-refractivity contribution is 5.94. The minimum atomic E-state index is -1.81. The number of allylic oxidation sites excluding steroid dienone is 2. The van der Waals surface area contributed by atoms with E-state index in [0.29, 0.717) is 17.4 Å². The van der Waals surface area contributed by atoms with Gasteiger partial charge in [0.25, 0.3) is 11.6 Å². The minimum absolute atomic E-state index is 0.124. The first-order chi connectivity index (χ1) is 11.1. The van der Waals surface area contributed by atoms with Crippen molar-refractivity contribution < 1.29 is 33.3 Å². The fourth-order valence-corrected chi connectivity index (χ4v) is 3.35. The number of rotatable bonds is 1. The largest absolute Gasteiger partial charge is 0.400 e. The number of carbonyl (C=O) groups is 2. The Morgan fingerprint density at radius 1 is 1.13 bits per heavy atom. The summed E-state index contributed by atoms with van der Waals surface area (Å²) in [5.41, 5.74) is 0.929. The second-order valence-electron chi connectivity index (χ2n) is 5.48. The minimum Gasteiger partial charge on any atom is -0.400 e. The third-order valence-corrected chi connectivity index (χ3v) is 4.36. The van der Waals surface area contributed by atoms with Gasteiger partial charge in [-0.1, -0.05) is 24.3 Å². The molecule has 0 aromatic heterocycles. The molecule has 2 fully saturated rings. The SMILES string of the molecule is O=CC1=CC=CC23OCOC12OC1(OC(=O)c2ccccc21)O3. The lowest BCUT2D eigenvalue weighted by molar-refractivity contribution is -0.369. The first-order valence-corrected chi connectivity index (χ1v) is 7.01. The van der Waals surface area contributed by atoms with Gasteiger partial charge in [-0.2, -0.15) is 0 Å². The van der Waals surface area contributed by atoms with Crippen molar-refractivity contribution in [1.29, 1.82) is 0 Å². The van der Waals surface area contributed by atoms with Crippen LogP contribution < -0.4 is 0 Å². The maximum atomic E-state index is 12.1. The van der Waals surface area contributed by atoms with E-state index in [0.717, 1.165) is 0 Å². The average molecular weight is 314 g/mol. The number of hydrogen-bond acceptors (Lipinski definition) is 7. The molecule has 116 valence electrons. The fourth-order valence-electron chi connectivity index (χ4n) is 3.35. The molecule has 0 saturated carbocycles. The normalized spacial score (nSPS) is 39.7. The molecule has 0 radical (unpaired) electrons. The first kappa shape index (κ1) is 13.1. The number of fused-ring (bicyclic) bond motifs is 2. The molecule has 3 aliphatic heterocycles. The van der Waals surface area contributed by atoms with Crippen molar-refractivity contribution in [3.63, 3.8) is 0 Å². The van der Waals surface area contributed by atoms with Gasteiger partial charge < -0.3 is 14.2 Å². The van der Waals surface area contributed by atoms with Crippen molar-refractivity contribution in [3.8, 4) is 0 Å². The highest BCUT2D eigenvalue weighted by Gasteiger charge is 2.76. The fraction of sp³-hybridized carbons (Fsp3) is 0.250. The molecule has 0 N–H and O–H groups in total. The van der Waals surface area contributed by atoms with Gasteiger partial charge in [0.2, 0.25) is 0 Å². The topological polar surface area (TPSA) is 80.3 Å². The van der Waals surface area contributed by atoms with Crippen LogP contribution in [0, 0.1) is 0 Å². The smallest absolute Gasteiger partial charge is 0.365 e. The second kappa shape index (κ2) is 3.95. The van der Waals surface area contributed by atoms with E-state index in [1.807, 2.05) is 0 Å². The highest BCUT2D eigenvalue weighted by atomic mass is 17.0. The standard InChI is InChI=1S/C16H10O7/c17-8-10-4-3-7-14-15(10,20-9-19-14)23-16(22-14)12-6-2-1-5-11(12)13(18)21-16/h1-8H,9H2. The van der Waals surface area contributed by atoms with E-state index in [4.69, 9.17) is 23.7 Å². The molecule has 2 saturated heterocycles. The van der Waals surface area contributed by atoms with Gasteiger partial charge in [0.05, 0.1) is 16.7 Å². The van der Waals surface area contributed by atoms with E-state index in [9.17, 15) is 9.59 Å². The molecule has 0 amide bonds. The van der Waals surface area contributed by atoms with Gasteiger partial charge in [-0.3, -0.25) is 14.3 Å². The van der Waals surface area contributed by atoms with Gasteiger partial charge in [-0.25, -0.2) is 4.79 Å². The van der Waals surface area contributed by atoms with Gasteiger partial charge in [-0.05, 0) is 18.2 Å². The van der Waals surface area contributed by atoms with Gasteiger partial charge in [-0.15, -0.1) is 0 Å². The molecule has 7 heteroatoms. The maximum absolute atomic E-state index is 12.1. The van der Waals surface area contributed by atoms with Crippen LogP contribution in [0.1, 0.15) is 15.9 Å². The van der Waals surface area contributed by atoms with Crippen LogP contribution in [-0.2, 0) is 34.5 Å². The number of ether oxygens (including phenoxy) is 5. The van der Waals surface area contributed by atoms with E-state index in [-0.39, 0.29) is 12.4 Å². The van der Waals surface area contributed by atoms with Crippen molar-refractivity contribution in [2.45, 2.75) is 17.5 Å². The number of benzene rings is 1. The van der Waals surface area contributed by atoms with Crippen LogP contribution in [0.25, 0.3) is 0 Å². The average Bonchev–Trinajstić information content (AvgIpc) is 3.14. The van der Waals surface area contributed by atoms with Gasteiger partial charge in [0, 0.05) is 0 Å². The molecule has 1 aromatic rings. The molecule has 5 rings (SSSR count). The van der Waals surface area contributed by atoms with E-state index >= 15 is 0 Å². The molecule has 1 aromatic carbocycles. The van der Waals surface area contributed by atoms with Crippen LogP contribution in [0.5, 0.6) is 0 Å². The van der Waals surface area contributed by atoms with E-state index in [1.165, 1.54) is 0 Å². The van der Waals surface area contributed by atoms with Gasteiger partial charge >= 0.3 is 11.9 Å². The Labute approximate surface area is 130 Å². The first-order valence-electron chi connectivity index (χ1n) is 7.01. The molecular formula is C16H10O7. The zero-order valence-electron chi connectivity index (χ0n) is 11.7. The summed E-state index contributed by atoms with van der Waals surface area (Å²) in [5, 5.41) is 0. The lowest BCUT2D eigenvalue weighted by Gasteiger charge is -2.32. The predicted molar refractivity (Wildman–Crippen MR) is 71.5 cm³/mol. The Bertz CT molecular complexity index is 812. The summed E-state index contributed by atoms with van der Waals surface area (Å²) in [4.78, 5) is 23.6. The van der Waals surface area contributed by atoms with Crippen molar-refractivity contribution in [2.24, 2.45) is 0 Å². The molecule has 3 unspecified atom stereocenters. The number of hydrogen-bond donors (Lipinski definition) is 0. The third-order valence-electron chi connectivity index (χ3n) is 4.36. The number of aldehydes is 1. The molecule has 23 heavy (non-hydrogen) atoms. The van der Waals surface area contributed by atoms with Crippen LogP contribution in [0.3, 0.4) is 0 Å². The summed E-state index contributed by atoms with van der Waals surface area (Å²) in [6.07, 6.45) is 5.35. The van der Waals surface area contributed by atoms with Crippen molar-refractivity contribution in [1.82, 2.24) is 0 Å². The Morgan fingerprint density at radius 3 is 2.87 bits per heavy atom. The zero-order chi connectivity index (χ0) is 15.7. The summed E-state index contributed by atoms with van der Waals surface area (Å²) in [5.74, 6) is -5.49. The lowest BCUT2D eigenvalue weighted by atomic mass is 9.93. The molecular weight excluding hydrogens is 304 g/mol. The quantitative estimate of drug-likeness (QED) is 0.567. The van der Waals surface area contributed by atoms with Gasteiger partial charge in [0.1, 0.15) is 0 Å². The Morgan fingerprint density at radius 2 is 2.00 bits per heavy atom. The third kappa shape index (κ3) is 1.34. The Kier molecular flexibility index (Phi) is 2.26. The van der Waals surface area contributed by atoms with Crippen LogP contribution in [0.2, 0.25) is 0 Å².